The van der Waals surface area contributed by atoms with Crippen molar-refractivity contribution in [3.63, 3.8) is 0 Å². The number of benzene rings is 3. The molecule has 0 aromatic heterocycles. The summed E-state index contributed by atoms with van der Waals surface area (Å²) in [5.41, 5.74) is 3.66. The maximum atomic E-state index is 12.6. The van der Waals surface area contributed by atoms with Crippen LogP contribution in [-0.4, -0.2) is 26.9 Å². The zero-order chi connectivity index (χ0) is 23.8. The van der Waals surface area contributed by atoms with Gasteiger partial charge in [-0.05, 0) is 73.5 Å². The van der Waals surface area contributed by atoms with Crippen LogP contribution >= 0.6 is 0 Å². The lowest BCUT2D eigenvalue weighted by molar-refractivity contribution is -0.116. The summed E-state index contributed by atoms with van der Waals surface area (Å²) < 4.78 is 27.8. The topological polar surface area (TPSA) is 116 Å². The SMILES string of the molecule is Cc1ccc(NS(=O)(=O)c2ccc(NC(=O)CCNC(=O)Nc3ccccc3)cc2)cc1C. The fourth-order valence-corrected chi connectivity index (χ4v) is 4.00. The van der Waals surface area contributed by atoms with Crippen molar-refractivity contribution in [2.45, 2.75) is 25.2 Å². The van der Waals surface area contributed by atoms with Crippen molar-refractivity contribution in [3.05, 3.63) is 83.9 Å². The molecule has 4 N–H and O–H groups in total. The Morgan fingerprint density at radius 1 is 0.758 bits per heavy atom. The third kappa shape index (κ3) is 7.08. The number of hydrogen-bond donors (Lipinski definition) is 4. The molecule has 0 aliphatic heterocycles. The van der Waals surface area contributed by atoms with Crippen LogP contribution in [0.25, 0.3) is 0 Å². The van der Waals surface area contributed by atoms with Crippen molar-refractivity contribution in [1.82, 2.24) is 5.32 Å². The summed E-state index contributed by atoms with van der Waals surface area (Å²) in [6.07, 6.45) is 0.0661. The first-order chi connectivity index (χ1) is 15.7. The molecule has 0 fully saturated rings. The fourth-order valence-electron chi connectivity index (χ4n) is 2.95. The Hall–Kier alpha value is -3.85. The first-order valence-corrected chi connectivity index (χ1v) is 11.8. The van der Waals surface area contributed by atoms with Gasteiger partial charge in [0.2, 0.25) is 5.91 Å². The molecule has 0 aliphatic carbocycles. The molecule has 3 amide bonds. The minimum Gasteiger partial charge on any atom is -0.337 e. The summed E-state index contributed by atoms with van der Waals surface area (Å²) in [5, 5.41) is 7.95. The van der Waals surface area contributed by atoms with Gasteiger partial charge in [0, 0.05) is 30.0 Å². The Labute approximate surface area is 193 Å². The third-order valence-electron chi connectivity index (χ3n) is 4.88. The van der Waals surface area contributed by atoms with Crippen LogP contribution in [0.3, 0.4) is 0 Å². The standard InChI is InChI=1S/C24H26N4O4S/c1-17-8-9-21(16-18(17)2)28-33(31,32)22-12-10-20(11-13-22)26-23(29)14-15-25-24(30)27-19-6-4-3-5-7-19/h3-13,16,28H,14-15H2,1-2H3,(H,26,29)(H2,25,27,30). The van der Waals surface area contributed by atoms with E-state index in [0.29, 0.717) is 17.1 Å². The quantitative estimate of drug-likeness (QED) is 0.397. The maximum absolute atomic E-state index is 12.6. The zero-order valence-electron chi connectivity index (χ0n) is 18.4. The number of aryl methyl sites for hydroxylation is 2. The molecule has 0 saturated carbocycles. The van der Waals surface area contributed by atoms with E-state index in [0.717, 1.165) is 11.1 Å². The summed E-state index contributed by atoms with van der Waals surface area (Å²) in [6, 6.07) is 19.8. The molecule has 0 radical (unpaired) electrons. The maximum Gasteiger partial charge on any atom is 0.319 e. The van der Waals surface area contributed by atoms with Gasteiger partial charge in [-0.25, -0.2) is 13.2 Å². The van der Waals surface area contributed by atoms with Crippen LogP contribution in [0.1, 0.15) is 17.5 Å². The van der Waals surface area contributed by atoms with Crippen LogP contribution in [0, 0.1) is 13.8 Å². The van der Waals surface area contributed by atoms with Gasteiger partial charge in [0.15, 0.2) is 0 Å². The van der Waals surface area contributed by atoms with Gasteiger partial charge in [0.05, 0.1) is 4.90 Å². The second kappa shape index (κ2) is 10.6. The molecule has 0 bridgehead atoms. The summed E-state index contributed by atoms with van der Waals surface area (Å²) in [5.74, 6) is -0.307. The van der Waals surface area contributed by atoms with Gasteiger partial charge < -0.3 is 16.0 Å². The van der Waals surface area contributed by atoms with Crippen molar-refractivity contribution < 1.29 is 18.0 Å². The minimum absolute atomic E-state index is 0.0661. The number of hydrogen-bond acceptors (Lipinski definition) is 4. The van der Waals surface area contributed by atoms with Crippen LogP contribution in [0.4, 0.5) is 21.9 Å². The van der Waals surface area contributed by atoms with Gasteiger partial charge in [0.1, 0.15) is 0 Å². The van der Waals surface area contributed by atoms with Crippen molar-refractivity contribution in [2.24, 2.45) is 0 Å². The van der Waals surface area contributed by atoms with Crippen LogP contribution < -0.4 is 20.7 Å². The molecule has 0 saturated heterocycles. The highest BCUT2D eigenvalue weighted by Gasteiger charge is 2.15. The van der Waals surface area contributed by atoms with E-state index in [2.05, 4.69) is 20.7 Å². The van der Waals surface area contributed by atoms with Crippen molar-refractivity contribution in [2.75, 3.05) is 21.9 Å². The molecule has 9 heteroatoms. The average molecular weight is 467 g/mol. The van der Waals surface area contributed by atoms with Gasteiger partial charge in [-0.1, -0.05) is 24.3 Å². The molecular formula is C24H26N4O4S. The Kier molecular flexibility index (Phi) is 7.68. The Bertz CT molecular complexity index is 1230. The van der Waals surface area contributed by atoms with E-state index >= 15 is 0 Å². The zero-order valence-corrected chi connectivity index (χ0v) is 19.2. The van der Waals surface area contributed by atoms with E-state index in [9.17, 15) is 18.0 Å². The molecular weight excluding hydrogens is 440 g/mol. The van der Waals surface area contributed by atoms with Crippen LogP contribution in [0.15, 0.2) is 77.7 Å². The average Bonchev–Trinajstić information content (AvgIpc) is 2.77. The largest absolute Gasteiger partial charge is 0.337 e. The predicted molar refractivity (Wildman–Crippen MR) is 130 cm³/mol. The van der Waals surface area contributed by atoms with Crippen LogP contribution in [-0.2, 0) is 14.8 Å². The number of amides is 3. The molecule has 172 valence electrons. The Morgan fingerprint density at radius 3 is 2.06 bits per heavy atom. The second-order valence-electron chi connectivity index (χ2n) is 7.47. The number of urea groups is 1. The smallest absolute Gasteiger partial charge is 0.319 e. The molecule has 3 aromatic carbocycles. The third-order valence-corrected chi connectivity index (χ3v) is 6.27. The van der Waals surface area contributed by atoms with Crippen molar-refractivity contribution in [3.8, 4) is 0 Å². The lowest BCUT2D eigenvalue weighted by Crippen LogP contribution is -2.31. The number of sulfonamides is 1. The first-order valence-electron chi connectivity index (χ1n) is 10.3. The monoisotopic (exact) mass is 466 g/mol. The lowest BCUT2D eigenvalue weighted by atomic mass is 10.1. The fraction of sp³-hybridized carbons (Fsp3) is 0.167. The second-order valence-corrected chi connectivity index (χ2v) is 9.16. The molecule has 0 spiro atoms. The number of para-hydroxylation sites is 1. The number of rotatable bonds is 8. The molecule has 3 rings (SSSR count). The summed E-state index contributed by atoms with van der Waals surface area (Å²) in [4.78, 5) is 24.0. The van der Waals surface area contributed by atoms with Crippen LogP contribution in [0.2, 0.25) is 0 Å². The molecule has 0 unspecified atom stereocenters. The molecule has 0 aliphatic rings. The molecule has 33 heavy (non-hydrogen) atoms. The van der Waals surface area contributed by atoms with Gasteiger partial charge >= 0.3 is 6.03 Å². The highest BCUT2D eigenvalue weighted by Crippen LogP contribution is 2.20. The Balaban J connectivity index is 1.48. The minimum atomic E-state index is -3.75. The lowest BCUT2D eigenvalue weighted by Gasteiger charge is -2.11. The number of carbonyl (C=O) groups excluding carboxylic acids is 2. The summed E-state index contributed by atoms with van der Waals surface area (Å²) in [6.45, 7) is 4.02. The molecule has 3 aromatic rings. The van der Waals surface area contributed by atoms with E-state index < -0.39 is 16.1 Å². The van der Waals surface area contributed by atoms with Gasteiger partial charge in [-0.3, -0.25) is 9.52 Å². The Morgan fingerprint density at radius 2 is 1.39 bits per heavy atom. The van der Waals surface area contributed by atoms with Crippen LogP contribution in [0.5, 0.6) is 0 Å². The van der Waals surface area contributed by atoms with Crippen molar-refractivity contribution in [1.29, 1.82) is 0 Å². The van der Waals surface area contributed by atoms with E-state index in [1.807, 2.05) is 26.0 Å². The summed E-state index contributed by atoms with van der Waals surface area (Å²) in [7, 11) is -3.75. The molecule has 0 atom stereocenters. The number of nitrogens with one attached hydrogen (secondary N) is 4. The van der Waals surface area contributed by atoms with E-state index in [4.69, 9.17) is 0 Å². The first kappa shape index (κ1) is 23.8. The molecule has 0 heterocycles. The molecule has 8 nitrogen and oxygen atoms in total. The van der Waals surface area contributed by atoms with Gasteiger partial charge in [0.25, 0.3) is 10.0 Å². The van der Waals surface area contributed by atoms with E-state index in [1.54, 1.807) is 36.4 Å². The number of carbonyl (C=O) groups is 2. The highest BCUT2D eigenvalue weighted by molar-refractivity contribution is 7.92. The summed E-state index contributed by atoms with van der Waals surface area (Å²) >= 11 is 0. The predicted octanol–water partition coefficient (Wildman–Crippen LogP) is 4.25. The van der Waals surface area contributed by atoms with Gasteiger partial charge in [-0.15, -0.1) is 0 Å². The normalized spacial score (nSPS) is 10.8. The van der Waals surface area contributed by atoms with E-state index in [1.165, 1.54) is 24.3 Å². The van der Waals surface area contributed by atoms with Crippen molar-refractivity contribution >= 4 is 39.0 Å². The number of anilines is 3. The van der Waals surface area contributed by atoms with E-state index in [-0.39, 0.29) is 23.8 Å². The van der Waals surface area contributed by atoms with Gasteiger partial charge in [-0.2, -0.15) is 0 Å². The highest BCUT2D eigenvalue weighted by atomic mass is 32.2.